The number of amides is 1. The second-order valence-electron chi connectivity index (χ2n) is 4.22. The van der Waals surface area contributed by atoms with Gasteiger partial charge in [-0.15, -0.1) is 0 Å². The van der Waals surface area contributed by atoms with E-state index in [-0.39, 0.29) is 18.9 Å². The van der Waals surface area contributed by atoms with Crippen LogP contribution in [0.4, 0.5) is 0 Å². The molecule has 1 heterocycles. The molecule has 1 aromatic carbocycles. The van der Waals surface area contributed by atoms with Crippen LogP contribution in [-0.2, 0) is 16.0 Å². The van der Waals surface area contributed by atoms with Crippen LogP contribution in [-0.4, -0.2) is 36.6 Å². The lowest BCUT2D eigenvalue weighted by Crippen LogP contribution is -2.48. The Balaban J connectivity index is 2.12. The normalized spacial score (nSPS) is 19.0. The second-order valence-corrected chi connectivity index (χ2v) is 5.51. The summed E-state index contributed by atoms with van der Waals surface area (Å²) >= 11 is 9.32. The van der Waals surface area contributed by atoms with E-state index in [0.29, 0.717) is 18.2 Å². The topological polar surface area (TPSA) is 53.3 Å². The molecule has 1 aliphatic heterocycles. The van der Waals surface area contributed by atoms with Gasteiger partial charge in [-0.25, -0.2) is 0 Å². The van der Waals surface area contributed by atoms with Gasteiger partial charge in [0.1, 0.15) is 6.04 Å². The third kappa shape index (κ3) is 3.47. The number of morpholine rings is 1. The molecule has 0 spiro atoms. The smallest absolute Gasteiger partial charge is 0.228 e. The molecule has 0 saturated carbocycles. The average molecular weight is 344 g/mol. The maximum atomic E-state index is 12.3. The molecule has 1 aliphatic rings. The van der Waals surface area contributed by atoms with E-state index >= 15 is 0 Å². The van der Waals surface area contributed by atoms with Crippen molar-refractivity contribution in [1.82, 2.24) is 4.90 Å². The van der Waals surface area contributed by atoms with Crippen molar-refractivity contribution in [1.29, 1.82) is 5.26 Å². The number of carbonyl (C=O) groups excluding carboxylic acids is 1. The number of halogens is 2. The molecule has 0 bridgehead atoms. The Morgan fingerprint density at radius 2 is 2.42 bits per heavy atom. The minimum atomic E-state index is -0.501. The zero-order chi connectivity index (χ0) is 13.8. The number of carbonyl (C=O) groups is 1. The molecule has 0 aromatic heterocycles. The molecule has 1 saturated heterocycles. The van der Waals surface area contributed by atoms with Gasteiger partial charge >= 0.3 is 0 Å². The minimum Gasteiger partial charge on any atom is -0.376 e. The summed E-state index contributed by atoms with van der Waals surface area (Å²) in [5.74, 6) is -0.0854. The largest absolute Gasteiger partial charge is 0.376 e. The minimum absolute atomic E-state index is 0.0854. The van der Waals surface area contributed by atoms with Crippen molar-refractivity contribution in [2.75, 3.05) is 19.8 Å². The third-order valence-electron chi connectivity index (χ3n) is 2.95. The highest BCUT2D eigenvalue weighted by atomic mass is 79.9. The molecule has 1 aromatic rings. The Bertz CT molecular complexity index is 530. The van der Waals surface area contributed by atoms with Crippen molar-refractivity contribution in [3.63, 3.8) is 0 Å². The quantitative estimate of drug-likeness (QED) is 0.828. The van der Waals surface area contributed by atoms with Gasteiger partial charge in [-0.1, -0.05) is 27.5 Å². The first-order valence-corrected chi connectivity index (χ1v) is 6.99. The van der Waals surface area contributed by atoms with Gasteiger partial charge in [0, 0.05) is 16.0 Å². The van der Waals surface area contributed by atoms with Gasteiger partial charge in [-0.3, -0.25) is 4.79 Å². The van der Waals surface area contributed by atoms with E-state index in [1.807, 2.05) is 6.07 Å². The van der Waals surface area contributed by atoms with Crippen molar-refractivity contribution in [3.05, 3.63) is 33.3 Å². The molecular weight excluding hydrogens is 332 g/mol. The number of rotatable bonds is 2. The van der Waals surface area contributed by atoms with Crippen LogP contribution in [0.3, 0.4) is 0 Å². The van der Waals surface area contributed by atoms with Crippen LogP contribution in [0.1, 0.15) is 5.56 Å². The Morgan fingerprint density at radius 1 is 1.63 bits per heavy atom. The SMILES string of the molecule is N#CC1COCCN1C(=O)Cc1cc(Cl)ccc1Br. The van der Waals surface area contributed by atoms with Crippen LogP contribution in [0.15, 0.2) is 22.7 Å². The molecule has 0 radical (unpaired) electrons. The summed E-state index contributed by atoms with van der Waals surface area (Å²) in [6.45, 7) is 1.20. The molecule has 0 aliphatic carbocycles. The number of hydrogen-bond acceptors (Lipinski definition) is 3. The highest BCUT2D eigenvalue weighted by Crippen LogP contribution is 2.22. The van der Waals surface area contributed by atoms with E-state index in [1.54, 1.807) is 17.0 Å². The lowest BCUT2D eigenvalue weighted by molar-refractivity contribution is -0.136. The van der Waals surface area contributed by atoms with Crippen LogP contribution in [0.25, 0.3) is 0 Å². The molecule has 1 fully saturated rings. The Labute approximate surface area is 125 Å². The average Bonchev–Trinajstić information content (AvgIpc) is 2.42. The van der Waals surface area contributed by atoms with E-state index < -0.39 is 6.04 Å². The Morgan fingerprint density at radius 3 is 3.16 bits per heavy atom. The van der Waals surface area contributed by atoms with Gasteiger partial charge in [0.2, 0.25) is 5.91 Å². The van der Waals surface area contributed by atoms with Crippen LogP contribution >= 0.6 is 27.5 Å². The lowest BCUT2D eigenvalue weighted by atomic mass is 10.1. The highest BCUT2D eigenvalue weighted by molar-refractivity contribution is 9.10. The van der Waals surface area contributed by atoms with Crippen LogP contribution in [0.2, 0.25) is 5.02 Å². The van der Waals surface area contributed by atoms with Crippen molar-refractivity contribution in [3.8, 4) is 6.07 Å². The molecule has 6 heteroatoms. The van der Waals surface area contributed by atoms with E-state index in [9.17, 15) is 4.79 Å². The first-order chi connectivity index (χ1) is 9.11. The summed E-state index contributed by atoms with van der Waals surface area (Å²) < 4.78 is 6.04. The third-order valence-corrected chi connectivity index (χ3v) is 3.96. The Hall–Kier alpha value is -1.09. The van der Waals surface area contributed by atoms with Crippen LogP contribution in [0.5, 0.6) is 0 Å². The maximum absolute atomic E-state index is 12.3. The van der Waals surface area contributed by atoms with Gasteiger partial charge in [-0.2, -0.15) is 5.26 Å². The summed E-state index contributed by atoms with van der Waals surface area (Å²) in [5, 5.41) is 9.61. The number of benzene rings is 1. The van der Waals surface area contributed by atoms with E-state index in [1.165, 1.54) is 0 Å². The zero-order valence-electron chi connectivity index (χ0n) is 10.1. The van der Waals surface area contributed by atoms with Crippen molar-refractivity contribution in [2.24, 2.45) is 0 Å². The predicted octanol–water partition coefficient (Wildman–Crippen LogP) is 2.40. The fourth-order valence-corrected chi connectivity index (χ4v) is 2.53. The molecule has 19 heavy (non-hydrogen) atoms. The highest BCUT2D eigenvalue weighted by Gasteiger charge is 2.27. The lowest BCUT2D eigenvalue weighted by Gasteiger charge is -2.31. The monoisotopic (exact) mass is 342 g/mol. The molecule has 1 unspecified atom stereocenters. The predicted molar refractivity (Wildman–Crippen MR) is 74.8 cm³/mol. The van der Waals surface area contributed by atoms with Crippen molar-refractivity contribution < 1.29 is 9.53 Å². The second kappa shape index (κ2) is 6.38. The van der Waals surface area contributed by atoms with E-state index in [2.05, 4.69) is 22.0 Å². The molecule has 4 nitrogen and oxygen atoms in total. The van der Waals surface area contributed by atoms with Gasteiger partial charge in [0.15, 0.2) is 0 Å². The Kier molecular flexibility index (Phi) is 4.81. The summed E-state index contributed by atoms with van der Waals surface area (Å²) in [6, 6.07) is 6.91. The summed E-state index contributed by atoms with van der Waals surface area (Å²) in [7, 11) is 0. The number of nitriles is 1. The zero-order valence-corrected chi connectivity index (χ0v) is 12.4. The number of ether oxygens (including phenoxy) is 1. The summed E-state index contributed by atoms with van der Waals surface area (Å²) in [5.41, 5.74) is 0.820. The first kappa shape index (κ1) is 14.3. The van der Waals surface area contributed by atoms with Crippen molar-refractivity contribution in [2.45, 2.75) is 12.5 Å². The van der Waals surface area contributed by atoms with Crippen molar-refractivity contribution >= 4 is 33.4 Å². The van der Waals surface area contributed by atoms with E-state index in [0.717, 1.165) is 10.0 Å². The standard InChI is InChI=1S/C13H12BrClN2O2/c14-12-2-1-10(15)5-9(12)6-13(18)17-3-4-19-8-11(17)7-16/h1-2,5,11H,3-4,6,8H2. The summed E-state index contributed by atoms with van der Waals surface area (Å²) in [4.78, 5) is 13.8. The van der Waals surface area contributed by atoms with Gasteiger partial charge in [0.05, 0.1) is 25.7 Å². The first-order valence-electron chi connectivity index (χ1n) is 5.82. The van der Waals surface area contributed by atoms with Gasteiger partial charge in [0.25, 0.3) is 0 Å². The van der Waals surface area contributed by atoms with E-state index in [4.69, 9.17) is 21.6 Å². The summed E-state index contributed by atoms with van der Waals surface area (Å²) in [6.07, 6.45) is 0.222. The number of nitrogens with zero attached hydrogens (tertiary/aromatic N) is 2. The van der Waals surface area contributed by atoms with Crippen LogP contribution in [0, 0.1) is 11.3 Å². The van der Waals surface area contributed by atoms with Gasteiger partial charge < -0.3 is 9.64 Å². The molecular formula is C13H12BrClN2O2. The molecule has 1 amide bonds. The number of hydrogen-bond donors (Lipinski definition) is 0. The maximum Gasteiger partial charge on any atom is 0.228 e. The fourth-order valence-electron chi connectivity index (χ4n) is 1.95. The molecule has 0 N–H and O–H groups in total. The fraction of sp³-hybridized carbons (Fsp3) is 0.385. The van der Waals surface area contributed by atoms with Crippen LogP contribution < -0.4 is 0 Å². The molecule has 1 atom stereocenters. The molecule has 100 valence electrons. The van der Waals surface area contributed by atoms with Gasteiger partial charge in [-0.05, 0) is 23.8 Å². The molecule has 2 rings (SSSR count).